The summed E-state index contributed by atoms with van der Waals surface area (Å²) in [7, 11) is 0. The van der Waals surface area contributed by atoms with Crippen molar-refractivity contribution in [2.24, 2.45) is 0 Å². The number of rotatable bonds is 4. The van der Waals surface area contributed by atoms with Crippen molar-refractivity contribution in [3.05, 3.63) is 168 Å². The highest BCUT2D eigenvalue weighted by atomic mass is 19.1. The second-order valence-electron chi connectivity index (χ2n) is 12.6. The lowest BCUT2D eigenvalue weighted by Gasteiger charge is -2.21. The highest BCUT2D eigenvalue weighted by Gasteiger charge is 2.24. The zero-order valence-electron chi connectivity index (χ0n) is 27.0. The molecule has 0 atom stereocenters. The first-order valence-electron chi connectivity index (χ1n) is 16.3. The summed E-state index contributed by atoms with van der Waals surface area (Å²) in [6.07, 6.45) is 0. The Labute approximate surface area is 293 Å². The normalized spacial score (nSPS) is 11.4. The number of hydrogen-bond donors (Lipinski definition) is 0. The van der Waals surface area contributed by atoms with Crippen LogP contribution in [-0.4, -0.2) is 9.13 Å². The van der Waals surface area contributed by atoms with Gasteiger partial charge in [-0.15, -0.1) is 0 Å². The molecule has 7 aromatic carbocycles. The number of halogens is 4. The molecule has 2 aromatic heterocycles. The molecule has 0 saturated carbocycles. The molecule has 8 heteroatoms. The van der Waals surface area contributed by atoms with Gasteiger partial charge in [-0.2, -0.15) is 10.5 Å². The number of nitriles is 2. The average Bonchev–Trinajstić information content (AvgIpc) is 3.64. The molecule has 0 N–H and O–H groups in total. The smallest absolute Gasteiger partial charge is 0.125 e. The van der Waals surface area contributed by atoms with Crippen molar-refractivity contribution >= 4 is 43.6 Å². The van der Waals surface area contributed by atoms with E-state index >= 15 is 17.6 Å². The minimum atomic E-state index is -0.508. The molecule has 0 aliphatic heterocycles. The van der Waals surface area contributed by atoms with Gasteiger partial charge >= 0.3 is 0 Å². The molecule has 52 heavy (non-hydrogen) atoms. The predicted molar refractivity (Wildman–Crippen MR) is 195 cm³/mol. The second-order valence-corrected chi connectivity index (χ2v) is 12.6. The molecule has 4 nitrogen and oxygen atoms in total. The van der Waals surface area contributed by atoms with Gasteiger partial charge < -0.3 is 9.13 Å². The van der Waals surface area contributed by atoms with Gasteiger partial charge in [0.1, 0.15) is 23.3 Å². The van der Waals surface area contributed by atoms with Gasteiger partial charge in [-0.3, -0.25) is 0 Å². The van der Waals surface area contributed by atoms with Gasteiger partial charge in [-0.1, -0.05) is 24.3 Å². The lowest BCUT2D eigenvalue weighted by Crippen LogP contribution is -2.06. The Morgan fingerprint density at radius 2 is 0.712 bits per heavy atom. The maximum atomic E-state index is 15.2. The summed E-state index contributed by atoms with van der Waals surface area (Å²) in [6.45, 7) is 0. The third-order valence-electron chi connectivity index (χ3n) is 9.58. The van der Waals surface area contributed by atoms with E-state index in [9.17, 15) is 10.5 Å². The van der Waals surface area contributed by atoms with Crippen LogP contribution in [0.4, 0.5) is 17.6 Å². The first-order chi connectivity index (χ1) is 25.3. The average molecular weight is 683 g/mol. The van der Waals surface area contributed by atoms with Gasteiger partial charge in [0.15, 0.2) is 0 Å². The lowest BCUT2D eigenvalue weighted by molar-refractivity contribution is 0.628. The van der Waals surface area contributed by atoms with E-state index in [1.54, 1.807) is 69.8 Å². The third kappa shape index (κ3) is 4.81. The molecule has 2 heterocycles. The number of aromatic nitrogens is 2. The van der Waals surface area contributed by atoms with Gasteiger partial charge in [0.05, 0.1) is 56.7 Å². The van der Waals surface area contributed by atoms with E-state index in [1.165, 1.54) is 48.5 Å². The van der Waals surface area contributed by atoms with Crippen LogP contribution in [0.5, 0.6) is 0 Å². The van der Waals surface area contributed by atoms with Crippen molar-refractivity contribution in [1.29, 1.82) is 10.5 Å². The Morgan fingerprint density at radius 3 is 1.02 bits per heavy atom. The minimum Gasteiger partial charge on any atom is -0.307 e. The van der Waals surface area contributed by atoms with Gasteiger partial charge in [0.25, 0.3) is 0 Å². The van der Waals surface area contributed by atoms with Crippen molar-refractivity contribution in [3.8, 4) is 45.8 Å². The van der Waals surface area contributed by atoms with Crippen LogP contribution in [0.1, 0.15) is 11.1 Å². The summed E-state index contributed by atoms with van der Waals surface area (Å²) >= 11 is 0. The first kappa shape index (κ1) is 30.9. The van der Waals surface area contributed by atoms with Crippen LogP contribution >= 0.6 is 0 Å². The van der Waals surface area contributed by atoms with Gasteiger partial charge in [-0.05, 0) is 131 Å². The molecule has 9 aromatic rings. The Hall–Kier alpha value is -7.16. The first-order valence-corrected chi connectivity index (χ1v) is 16.3. The van der Waals surface area contributed by atoms with Crippen LogP contribution in [-0.2, 0) is 0 Å². The molecule has 0 aliphatic carbocycles. The zero-order valence-corrected chi connectivity index (χ0v) is 27.0. The third-order valence-corrected chi connectivity index (χ3v) is 9.58. The van der Waals surface area contributed by atoms with E-state index in [1.807, 2.05) is 24.3 Å². The number of fused-ring (bicyclic) bond motifs is 6. The number of benzene rings is 7. The molecular weight excluding hydrogens is 661 g/mol. The summed E-state index contributed by atoms with van der Waals surface area (Å²) in [5, 5.41) is 22.4. The predicted octanol–water partition coefficient (Wildman–Crippen LogP) is 11.5. The maximum Gasteiger partial charge on any atom is 0.125 e. The van der Waals surface area contributed by atoms with E-state index in [0.717, 1.165) is 0 Å². The van der Waals surface area contributed by atoms with E-state index < -0.39 is 23.3 Å². The maximum absolute atomic E-state index is 15.2. The molecule has 0 spiro atoms. The van der Waals surface area contributed by atoms with E-state index in [4.69, 9.17) is 0 Å². The summed E-state index contributed by atoms with van der Waals surface area (Å²) in [6, 6.07) is 39.7. The Morgan fingerprint density at radius 1 is 0.385 bits per heavy atom. The highest BCUT2D eigenvalue weighted by molar-refractivity contribution is 6.12. The molecule has 0 bridgehead atoms. The fourth-order valence-electron chi connectivity index (χ4n) is 7.37. The van der Waals surface area contributed by atoms with Crippen LogP contribution < -0.4 is 0 Å². The summed E-state index contributed by atoms with van der Waals surface area (Å²) < 4.78 is 64.2. The fraction of sp³-hybridized carbons (Fsp3) is 0. The van der Waals surface area contributed by atoms with Gasteiger partial charge in [0.2, 0.25) is 0 Å². The molecule has 0 amide bonds. The summed E-state index contributed by atoms with van der Waals surface area (Å²) in [5.41, 5.74) is 6.10. The van der Waals surface area contributed by atoms with Crippen LogP contribution in [0.15, 0.2) is 133 Å². The van der Waals surface area contributed by atoms with Crippen molar-refractivity contribution in [2.45, 2.75) is 0 Å². The van der Waals surface area contributed by atoms with Crippen molar-refractivity contribution in [1.82, 2.24) is 9.13 Å². The van der Waals surface area contributed by atoms with Crippen LogP contribution in [0.2, 0.25) is 0 Å². The number of nitrogens with zero attached hydrogens (tertiary/aromatic N) is 4. The molecule has 0 radical (unpaired) electrons. The molecule has 9 rings (SSSR count). The van der Waals surface area contributed by atoms with E-state index in [0.29, 0.717) is 88.4 Å². The monoisotopic (exact) mass is 682 g/mol. The van der Waals surface area contributed by atoms with Crippen molar-refractivity contribution in [3.63, 3.8) is 0 Å². The number of hydrogen-bond acceptors (Lipinski definition) is 2. The molecule has 246 valence electrons. The van der Waals surface area contributed by atoms with Crippen LogP contribution in [0.25, 0.3) is 77.2 Å². The zero-order chi connectivity index (χ0) is 35.7. The molecular formula is C44H22F4N4. The topological polar surface area (TPSA) is 57.4 Å². The fourth-order valence-corrected chi connectivity index (χ4v) is 7.37. The van der Waals surface area contributed by atoms with Gasteiger partial charge in [0, 0.05) is 21.5 Å². The largest absolute Gasteiger partial charge is 0.307 e. The lowest BCUT2D eigenvalue weighted by atomic mass is 9.91. The highest BCUT2D eigenvalue weighted by Crippen LogP contribution is 2.44. The Bertz CT molecular complexity index is 2720. The quantitative estimate of drug-likeness (QED) is 0.174. The SMILES string of the molecule is N#Cc1cccc(-c2cc(-n3c4cc(F)ccc4c4ccc(F)cc43)c(-n3c4cc(F)ccc4c4ccc(F)cc43)cc2-c2cccc(C#N)c2)c1. The van der Waals surface area contributed by atoms with E-state index in [2.05, 4.69) is 12.1 Å². The van der Waals surface area contributed by atoms with E-state index in [-0.39, 0.29) is 0 Å². The standard InChI is InChI=1S/C44H22F4N4/c45-29-7-11-33-34-12-8-30(46)18-40(34)51(39(33)17-29)43-21-37(27-5-1-3-25(15-27)23-49)38(28-6-2-4-26(16-28)24-50)22-44(43)52-41-19-31(47)9-13-35(41)36-14-10-32(48)20-42(36)52/h1-22H. The van der Waals surface area contributed by atoms with Crippen molar-refractivity contribution < 1.29 is 17.6 Å². The van der Waals surface area contributed by atoms with Crippen LogP contribution in [0.3, 0.4) is 0 Å². The molecule has 0 saturated heterocycles. The Kier molecular flexibility index (Phi) is 6.96. The molecule has 0 unspecified atom stereocenters. The van der Waals surface area contributed by atoms with Gasteiger partial charge in [-0.25, -0.2) is 17.6 Å². The van der Waals surface area contributed by atoms with Crippen LogP contribution in [0, 0.1) is 45.9 Å². The second kappa shape index (κ2) is 11.7. The Balaban J connectivity index is 1.54. The molecule has 0 fully saturated rings. The summed E-state index contributed by atoms with van der Waals surface area (Å²) in [5.74, 6) is -2.03. The van der Waals surface area contributed by atoms with Crippen molar-refractivity contribution in [2.75, 3.05) is 0 Å². The summed E-state index contributed by atoms with van der Waals surface area (Å²) in [4.78, 5) is 0. The minimum absolute atomic E-state index is 0.411. The molecule has 0 aliphatic rings.